The predicted octanol–water partition coefficient (Wildman–Crippen LogP) is 3.05. The van der Waals surface area contributed by atoms with Gasteiger partial charge in [-0.3, -0.25) is 0 Å². The molecule has 0 spiro atoms. The maximum Gasteiger partial charge on any atom is 0.673 e. The summed E-state index contributed by atoms with van der Waals surface area (Å²) >= 11 is -3.75. The first-order chi connectivity index (χ1) is 9.15. The second-order valence-corrected chi connectivity index (χ2v) is 6.35. The minimum Gasteiger partial charge on any atom is -0.418 e. The van der Waals surface area contributed by atoms with Gasteiger partial charge in [0.2, 0.25) is 0 Å². The summed E-state index contributed by atoms with van der Waals surface area (Å²) in [6, 6.07) is 0. The average Bonchev–Trinajstić information content (AvgIpc) is 2.73. The maximum absolute atomic E-state index is 10.8. The van der Waals surface area contributed by atoms with Crippen molar-refractivity contribution in [2.75, 3.05) is 0 Å². The van der Waals surface area contributed by atoms with Gasteiger partial charge in [-0.25, -0.2) is 0 Å². The van der Waals surface area contributed by atoms with E-state index in [1.165, 1.54) is 15.6 Å². The van der Waals surface area contributed by atoms with Gasteiger partial charge in [0.1, 0.15) is 0 Å². The quantitative estimate of drug-likeness (QED) is 0.453. The van der Waals surface area contributed by atoms with Gasteiger partial charge in [0.05, 0.1) is 0 Å². The smallest absolute Gasteiger partial charge is 0.418 e. The fourth-order valence-corrected chi connectivity index (χ4v) is 3.48. The van der Waals surface area contributed by atoms with Crippen LogP contribution < -0.4 is 0 Å². The molecule has 0 heterocycles. The van der Waals surface area contributed by atoms with Gasteiger partial charge in [0.15, 0.2) is 0 Å². The van der Waals surface area contributed by atoms with Crippen LogP contribution in [-0.2, 0) is 21.8 Å². The Morgan fingerprint density at radius 1 is 1.35 bits per heavy atom. The minimum absolute atomic E-state index is 0.402. The third kappa shape index (κ3) is 4.76. The van der Waals surface area contributed by atoms with Crippen LogP contribution in [0, 0.1) is 4.91 Å². The van der Waals surface area contributed by atoms with Crippen LogP contribution in [0.4, 0.5) is 17.3 Å². The molecule has 0 radical (unpaired) electrons. The molecule has 0 aliphatic heterocycles. The summed E-state index contributed by atoms with van der Waals surface area (Å²) in [4.78, 5) is 35.2. The summed E-state index contributed by atoms with van der Waals surface area (Å²) in [6.07, 6.45) is 3.93. The SMILES string of the molecule is C=CC1=[C]([Mn+](=[C]=O)(=[C]=O)[N]=O)C(C)=CC1.F[B-](F)(F)F. The van der Waals surface area contributed by atoms with Gasteiger partial charge in [-0.15, -0.1) is 0 Å². The molecule has 0 saturated carbocycles. The first kappa shape index (κ1) is 18.3. The van der Waals surface area contributed by atoms with Crippen molar-refractivity contribution in [2.24, 2.45) is 4.19 Å². The summed E-state index contributed by atoms with van der Waals surface area (Å²) in [7, 11) is -6.00. The molecule has 0 aromatic carbocycles. The van der Waals surface area contributed by atoms with Crippen molar-refractivity contribution < 1.29 is 39.0 Å². The molecule has 0 aromatic heterocycles. The molecule has 1 aliphatic carbocycles. The van der Waals surface area contributed by atoms with E-state index in [9.17, 15) is 31.8 Å². The molecule has 20 heavy (non-hydrogen) atoms. The van der Waals surface area contributed by atoms with Crippen molar-refractivity contribution in [3.8, 4) is 0 Å². The fraction of sp³-hybridized carbons (Fsp3) is 0.200. The van der Waals surface area contributed by atoms with E-state index in [4.69, 9.17) is 0 Å². The summed E-state index contributed by atoms with van der Waals surface area (Å²) in [5.74, 6) is 0. The molecule has 4 nitrogen and oxygen atoms in total. The Labute approximate surface area is 113 Å². The zero-order valence-electron chi connectivity index (χ0n) is 10.2. The zero-order chi connectivity index (χ0) is 16.0. The van der Waals surface area contributed by atoms with E-state index < -0.39 is 19.4 Å². The molecular weight excluding hydrogens is 324 g/mol. The van der Waals surface area contributed by atoms with Crippen LogP contribution in [0.2, 0.25) is 0 Å². The molecule has 0 N–H and O–H groups in total. The number of hydrogen-bond acceptors (Lipinski definition) is 4. The van der Waals surface area contributed by atoms with Crippen LogP contribution in [0.1, 0.15) is 13.3 Å². The van der Waals surface area contributed by atoms with E-state index in [0.29, 0.717) is 16.5 Å². The van der Waals surface area contributed by atoms with Gasteiger partial charge in [-0.05, 0) is 0 Å². The predicted molar refractivity (Wildman–Crippen MR) is 63.0 cm³/mol. The summed E-state index contributed by atoms with van der Waals surface area (Å²) in [5, 5.41) is 0. The van der Waals surface area contributed by atoms with Gasteiger partial charge >= 0.3 is 95.4 Å². The molecule has 0 unspecified atom stereocenters. The standard InChI is InChI=1S/C8H9.2CO.BF4.Mn.NO/c1-3-8-5-4-7(2)6-8;2*1-2;2-1(3,4)5;;1-2/h3-4H,1,5H2,2H3;;;;;/q;;;-1;+2;-1. The average molecular weight is 333 g/mol. The molecule has 10 heteroatoms. The fourth-order valence-electron chi connectivity index (χ4n) is 1.42. The Balaban J connectivity index is 0.000000621. The Morgan fingerprint density at radius 3 is 2.10 bits per heavy atom. The van der Waals surface area contributed by atoms with Crippen molar-refractivity contribution >= 4 is 16.8 Å². The molecule has 0 fully saturated rings. The number of rotatable bonds is 3. The second-order valence-electron chi connectivity index (χ2n) is 3.39. The number of nitrogens with zero attached hydrogens (tertiary/aromatic N) is 1. The van der Waals surface area contributed by atoms with E-state index in [1.54, 1.807) is 6.92 Å². The molecule has 0 amide bonds. The van der Waals surface area contributed by atoms with Crippen LogP contribution in [0.15, 0.2) is 38.5 Å². The van der Waals surface area contributed by atoms with Crippen LogP contribution in [-0.4, -0.2) is 16.8 Å². The number of allylic oxidation sites excluding steroid dienone is 5. The van der Waals surface area contributed by atoms with E-state index in [0.717, 1.165) is 5.57 Å². The number of carbonyl (C=O) groups excluding carboxylic acids is 2. The van der Waals surface area contributed by atoms with Crippen LogP contribution >= 0.6 is 0 Å². The molecule has 1 aliphatic rings. The van der Waals surface area contributed by atoms with E-state index in [-0.39, 0.29) is 0 Å². The molecule has 0 bridgehead atoms. The van der Waals surface area contributed by atoms with Gasteiger partial charge in [-0.1, -0.05) is 0 Å². The summed E-state index contributed by atoms with van der Waals surface area (Å²) < 4.78 is 42.1. The van der Waals surface area contributed by atoms with E-state index >= 15 is 0 Å². The van der Waals surface area contributed by atoms with Crippen molar-refractivity contribution in [1.29, 1.82) is 0 Å². The van der Waals surface area contributed by atoms with Gasteiger partial charge in [0, 0.05) is 0 Å². The number of hydrogen-bond donors (Lipinski definition) is 0. The molecule has 1 rings (SSSR count). The van der Waals surface area contributed by atoms with E-state index in [1.807, 2.05) is 6.08 Å². The molecule has 0 atom stereocenters. The number of halogens is 4. The summed E-state index contributed by atoms with van der Waals surface area (Å²) in [6.45, 7) is 5.30. The first-order valence-corrected chi connectivity index (χ1v) is 7.25. The normalized spacial score (nSPS) is 14.6. The third-order valence-electron chi connectivity index (χ3n) is 2.10. The Morgan fingerprint density at radius 2 is 1.80 bits per heavy atom. The van der Waals surface area contributed by atoms with Gasteiger partial charge < -0.3 is 17.3 Å². The maximum atomic E-state index is 10.8. The molecule has 0 saturated heterocycles. The first-order valence-electron chi connectivity index (χ1n) is 4.95. The number of nitroso groups, excluding NO2 is 1. The molecule has 110 valence electrons. The Kier molecular flexibility index (Phi) is 6.55. The monoisotopic (exact) mass is 333 g/mol. The summed E-state index contributed by atoms with van der Waals surface area (Å²) in [5.41, 5.74) is 1.43. The largest absolute Gasteiger partial charge is 0.673 e. The second kappa shape index (κ2) is 7.17. The van der Waals surface area contributed by atoms with Crippen LogP contribution in [0.25, 0.3) is 0 Å². The Hall–Kier alpha value is -1.72. The zero-order valence-corrected chi connectivity index (χ0v) is 11.4. The topological polar surface area (TPSA) is 63.6 Å². The van der Waals surface area contributed by atoms with Crippen molar-refractivity contribution in [3.63, 3.8) is 0 Å². The van der Waals surface area contributed by atoms with Gasteiger partial charge in [0.25, 0.3) is 0 Å². The Bertz CT molecular complexity index is 620. The van der Waals surface area contributed by atoms with Crippen molar-refractivity contribution in [3.05, 3.63) is 39.3 Å². The van der Waals surface area contributed by atoms with Crippen LogP contribution in [0.5, 0.6) is 0 Å². The molecule has 0 aromatic rings. The van der Waals surface area contributed by atoms with Crippen molar-refractivity contribution in [2.45, 2.75) is 13.3 Å². The van der Waals surface area contributed by atoms with Gasteiger partial charge in [-0.2, -0.15) is 0 Å². The van der Waals surface area contributed by atoms with E-state index in [2.05, 4.69) is 10.8 Å². The van der Waals surface area contributed by atoms with Crippen LogP contribution in [0.3, 0.4) is 0 Å². The van der Waals surface area contributed by atoms with Crippen molar-refractivity contribution in [1.82, 2.24) is 0 Å². The minimum atomic E-state index is -6.00. The third-order valence-corrected chi connectivity index (χ3v) is 4.82. The molecular formula is C10H9BF4MnNO3.